The first-order chi connectivity index (χ1) is 13.1. The zero-order chi connectivity index (χ0) is 20.2. The van der Waals surface area contributed by atoms with Gasteiger partial charge in [-0.3, -0.25) is 10.1 Å². The summed E-state index contributed by atoms with van der Waals surface area (Å²) in [5, 5.41) is 15.2. The first-order valence-corrected chi connectivity index (χ1v) is 11.8. The Morgan fingerprint density at radius 3 is 1.52 bits per heavy atom. The Kier molecular flexibility index (Phi) is 19.7. The lowest BCUT2D eigenvalue weighted by Gasteiger charge is -2.20. The molecule has 162 valence electrons. The van der Waals surface area contributed by atoms with Crippen molar-refractivity contribution in [3.05, 3.63) is 0 Å². The Morgan fingerprint density at radius 1 is 0.741 bits per heavy atom. The lowest BCUT2D eigenvalue weighted by Crippen LogP contribution is -2.48. The maximum Gasteiger partial charge on any atom is 0.221 e. The SMILES string of the molecule is CCCCCCCCCCCCCCCCCC(=O)NC(CC)NC(C)O. The third-order valence-electron chi connectivity index (χ3n) is 5.19. The quantitative estimate of drug-likeness (QED) is 0.177. The molecule has 1 amide bonds. The van der Waals surface area contributed by atoms with Gasteiger partial charge in [-0.1, -0.05) is 104 Å². The van der Waals surface area contributed by atoms with Crippen molar-refractivity contribution < 1.29 is 9.90 Å². The first kappa shape index (κ1) is 26.4. The van der Waals surface area contributed by atoms with Crippen LogP contribution in [0.4, 0.5) is 0 Å². The number of carbonyl (C=O) groups is 1. The smallest absolute Gasteiger partial charge is 0.221 e. The van der Waals surface area contributed by atoms with E-state index < -0.39 is 6.23 Å². The summed E-state index contributed by atoms with van der Waals surface area (Å²) >= 11 is 0. The molecular formula is C23H48N2O2. The van der Waals surface area contributed by atoms with E-state index in [1.54, 1.807) is 6.92 Å². The first-order valence-electron chi connectivity index (χ1n) is 11.8. The number of hydrogen-bond donors (Lipinski definition) is 3. The molecule has 0 heterocycles. The molecule has 2 unspecified atom stereocenters. The van der Waals surface area contributed by atoms with Crippen LogP contribution < -0.4 is 10.6 Å². The van der Waals surface area contributed by atoms with Crippen molar-refractivity contribution >= 4 is 5.91 Å². The van der Waals surface area contributed by atoms with Gasteiger partial charge in [0.05, 0.1) is 6.17 Å². The molecule has 4 nitrogen and oxygen atoms in total. The molecule has 0 rings (SSSR count). The van der Waals surface area contributed by atoms with Gasteiger partial charge in [-0.05, 0) is 19.8 Å². The minimum Gasteiger partial charge on any atom is -0.379 e. The molecular weight excluding hydrogens is 336 g/mol. The fourth-order valence-corrected chi connectivity index (χ4v) is 3.48. The maximum atomic E-state index is 11.9. The third-order valence-corrected chi connectivity index (χ3v) is 5.19. The van der Waals surface area contributed by atoms with Crippen LogP contribution >= 0.6 is 0 Å². The fourth-order valence-electron chi connectivity index (χ4n) is 3.48. The van der Waals surface area contributed by atoms with Crippen molar-refractivity contribution in [2.45, 2.75) is 142 Å². The molecule has 0 aliphatic rings. The summed E-state index contributed by atoms with van der Waals surface area (Å²) in [6, 6.07) is 0. The minimum atomic E-state index is -0.596. The van der Waals surface area contributed by atoms with Gasteiger partial charge in [-0.25, -0.2) is 0 Å². The lowest BCUT2D eigenvalue weighted by atomic mass is 10.0. The molecule has 0 spiro atoms. The van der Waals surface area contributed by atoms with E-state index >= 15 is 0 Å². The monoisotopic (exact) mass is 384 g/mol. The zero-order valence-electron chi connectivity index (χ0n) is 18.5. The lowest BCUT2D eigenvalue weighted by molar-refractivity contribution is -0.122. The molecule has 0 saturated heterocycles. The minimum absolute atomic E-state index is 0.0877. The molecule has 4 heteroatoms. The largest absolute Gasteiger partial charge is 0.379 e. The second-order valence-corrected chi connectivity index (χ2v) is 8.07. The molecule has 0 aromatic rings. The number of rotatable bonds is 20. The van der Waals surface area contributed by atoms with Crippen molar-refractivity contribution in [2.75, 3.05) is 0 Å². The summed E-state index contributed by atoms with van der Waals surface area (Å²) in [5.41, 5.74) is 0. The third kappa shape index (κ3) is 19.9. The highest BCUT2D eigenvalue weighted by Gasteiger charge is 2.10. The van der Waals surface area contributed by atoms with Gasteiger partial charge >= 0.3 is 0 Å². The molecule has 0 saturated carbocycles. The van der Waals surface area contributed by atoms with Crippen LogP contribution in [0.2, 0.25) is 0 Å². The molecule has 0 aromatic heterocycles. The van der Waals surface area contributed by atoms with Gasteiger partial charge in [0.1, 0.15) is 6.23 Å². The number of hydrogen-bond acceptors (Lipinski definition) is 3. The molecule has 0 fully saturated rings. The second-order valence-electron chi connectivity index (χ2n) is 8.07. The van der Waals surface area contributed by atoms with Crippen molar-refractivity contribution in [2.24, 2.45) is 0 Å². The van der Waals surface area contributed by atoms with Crippen LogP contribution in [-0.2, 0) is 4.79 Å². The van der Waals surface area contributed by atoms with Gasteiger partial charge in [-0.15, -0.1) is 0 Å². The summed E-state index contributed by atoms with van der Waals surface area (Å²) in [6.07, 6.45) is 20.7. The molecule has 27 heavy (non-hydrogen) atoms. The van der Waals surface area contributed by atoms with Crippen LogP contribution in [0.1, 0.15) is 130 Å². The number of nitrogens with one attached hydrogen (secondary N) is 2. The maximum absolute atomic E-state index is 11.9. The average Bonchev–Trinajstić information content (AvgIpc) is 2.64. The number of carbonyl (C=O) groups excluding carboxylic acids is 1. The summed E-state index contributed by atoms with van der Waals surface area (Å²) < 4.78 is 0. The molecule has 0 aromatic carbocycles. The van der Waals surface area contributed by atoms with Gasteiger partial charge in [0.25, 0.3) is 0 Å². The average molecular weight is 385 g/mol. The van der Waals surface area contributed by atoms with E-state index in [2.05, 4.69) is 17.6 Å². The Bertz CT molecular complexity index is 322. The molecule has 0 radical (unpaired) electrons. The van der Waals surface area contributed by atoms with E-state index in [0.29, 0.717) is 6.42 Å². The highest BCUT2D eigenvalue weighted by molar-refractivity contribution is 5.76. The predicted octanol–water partition coefficient (Wildman–Crippen LogP) is 6.03. The highest BCUT2D eigenvalue weighted by atomic mass is 16.3. The van der Waals surface area contributed by atoms with Gasteiger partial charge in [0, 0.05) is 6.42 Å². The number of aliphatic hydroxyl groups is 1. The Balaban J connectivity index is 3.29. The zero-order valence-corrected chi connectivity index (χ0v) is 18.5. The summed E-state index contributed by atoms with van der Waals surface area (Å²) in [5.74, 6) is 0.0877. The van der Waals surface area contributed by atoms with Crippen LogP contribution in [0.25, 0.3) is 0 Å². The van der Waals surface area contributed by atoms with Crippen LogP contribution in [0.5, 0.6) is 0 Å². The fraction of sp³-hybridized carbons (Fsp3) is 0.957. The Labute approximate surface area is 169 Å². The number of aliphatic hydroxyl groups excluding tert-OH is 1. The summed E-state index contributed by atoms with van der Waals surface area (Å²) in [7, 11) is 0. The van der Waals surface area contributed by atoms with E-state index in [0.717, 1.165) is 19.3 Å². The highest BCUT2D eigenvalue weighted by Crippen LogP contribution is 2.13. The van der Waals surface area contributed by atoms with Crippen LogP contribution in [0.3, 0.4) is 0 Å². The van der Waals surface area contributed by atoms with E-state index in [1.807, 2.05) is 6.92 Å². The standard InChI is InChI=1S/C23H48N2O2/c1-4-6-7-8-9-10-11-12-13-14-15-16-17-18-19-20-23(27)25-22(5-2)24-21(3)26/h21-22,24,26H,4-20H2,1-3H3,(H,25,27). The van der Waals surface area contributed by atoms with Crippen LogP contribution in [0.15, 0.2) is 0 Å². The van der Waals surface area contributed by atoms with Crippen molar-refractivity contribution in [3.8, 4) is 0 Å². The van der Waals surface area contributed by atoms with Gasteiger partial charge < -0.3 is 10.4 Å². The molecule has 0 aliphatic carbocycles. The second kappa shape index (κ2) is 20.1. The van der Waals surface area contributed by atoms with E-state index in [1.165, 1.54) is 83.5 Å². The van der Waals surface area contributed by atoms with Crippen molar-refractivity contribution in [1.29, 1.82) is 0 Å². The van der Waals surface area contributed by atoms with E-state index in [9.17, 15) is 9.90 Å². The van der Waals surface area contributed by atoms with Crippen LogP contribution in [0, 0.1) is 0 Å². The topological polar surface area (TPSA) is 61.4 Å². The van der Waals surface area contributed by atoms with Gasteiger partial charge in [-0.2, -0.15) is 0 Å². The summed E-state index contributed by atoms with van der Waals surface area (Å²) in [4.78, 5) is 11.9. The summed E-state index contributed by atoms with van der Waals surface area (Å²) in [6.45, 7) is 5.94. The van der Waals surface area contributed by atoms with E-state index in [4.69, 9.17) is 0 Å². The van der Waals surface area contributed by atoms with Crippen molar-refractivity contribution in [3.63, 3.8) is 0 Å². The van der Waals surface area contributed by atoms with Gasteiger partial charge in [0.15, 0.2) is 0 Å². The predicted molar refractivity (Wildman–Crippen MR) is 117 cm³/mol. The normalized spacial score (nSPS) is 13.5. The van der Waals surface area contributed by atoms with Gasteiger partial charge in [0.2, 0.25) is 5.91 Å². The van der Waals surface area contributed by atoms with Crippen LogP contribution in [-0.4, -0.2) is 23.4 Å². The number of amides is 1. The molecule has 2 atom stereocenters. The van der Waals surface area contributed by atoms with E-state index in [-0.39, 0.29) is 12.1 Å². The molecule has 0 aliphatic heterocycles. The Morgan fingerprint density at radius 2 is 1.15 bits per heavy atom. The molecule has 3 N–H and O–H groups in total. The number of unbranched alkanes of at least 4 members (excludes halogenated alkanes) is 14. The Hall–Kier alpha value is -0.610. The van der Waals surface area contributed by atoms with Crippen molar-refractivity contribution in [1.82, 2.24) is 10.6 Å². The molecule has 0 bridgehead atoms.